The summed E-state index contributed by atoms with van der Waals surface area (Å²) in [6, 6.07) is 11.3. The fourth-order valence-electron chi connectivity index (χ4n) is 3.03. The maximum absolute atomic E-state index is 6.39. The highest BCUT2D eigenvalue weighted by atomic mass is 35.5. The largest absolute Gasteiger partial charge is 0.294 e. The lowest BCUT2D eigenvalue weighted by Crippen LogP contribution is -2.32. The maximum Gasteiger partial charge on any atom is 0.0531 e. The second-order valence-electron chi connectivity index (χ2n) is 4.76. The molecule has 2 bridgehead atoms. The predicted molar refractivity (Wildman–Crippen MR) is 63.0 cm³/mol. The fourth-order valence-corrected chi connectivity index (χ4v) is 3.52. The minimum atomic E-state index is 0.411. The van der Waals surface area contributed by atoms with Crippen LogP contribution in [-0.4, -0.2) is 22.9 Å². The number of rotatable bonds is 2. The number of fused-ring (bicyclic) bond motifs is 2. The summed E-state index contributed by atoms with van der Waals surface area (Å²) in [4.78, 5) is 2.56. The third-order valence-corrected chi connectivity index (χ3v) is 4.46. The molecule has 1 nitrogen and oxygen atoms in total. The number of piperidine rings is 1. The van der Waals surface area contributed by atoms with Crippen LogP contribution in [0, 0.1) is 5.92 Å². The van der Waals surface area contributed by atoms with E-state index in [-0.39, 0.29) is 0 Å². The quantitative estimate of drug-likeness (QED) is 0.695. The third kappa shape index (κ3) is 1.68. The molecular formula is C13H16ClN. The zero-order chi connectivity index (χ0) is 10.3. The van der Waals surface area contributed by atoms with Crippen LogP contribution in [-0.2, 0) is 6.54 Å². The van der Waals surface area contributed by atoms with Crippen molar-refractivity contribution in [1.82, 2.24) is 4.90 Å². The first kappa shape index (κ1) is 9.68. The van der Waals surface area contributed by atoms with Crippen molar-refractivity contribution < 1.29 is 0 Å². The highest BCUT2D eigenvalue weighted by Crippen LogP contribution is 2.41. The third-order valence-electron chi connectivity index (χ3n) is 3.82. The Bertz CT molecular complexity index is 338. The van der Waals surface area contributed by atoms with Crippen LogP contribution >= 0.6 is 11.6 Å². The summed E-state index contributed by atoms with van der Waals surface area (Å²) in [5.41, 5.74) is 1.41. The van der Waals surface area contributed by atoms with Crippen LogP contribution < -0.4 is 0 Å². The van der Waals surface area contributed by atoms with E-state index in [4.69, 9.17) is 11.6 Å². The lowest BCUT2D eigenvalue weighted by Gasteiger charge is -2.26. The first-order valence-corrected chi connectivity index (χ1v) is 6.20. The van der Waals surface area contributed by atoms with E-state index in [0.29, 0.717) is 11.4 Å². The smallest absolute Gasteiger partial charge is 0.0531 e. The van der Waals surface area contributed by atoms with Crippen LogP contribution in [0.5, 0.6) is 0 Å². The van der Waals surface area contributed by atoms with E-state index in [1.165, 1.54) is 24.9 Å². The molecule has 0 unspecified atom stereocenters. The summed E-state index contributed by atoms with van der Waals surface area (Å²) >= 11 is 6.39. The van der Waals surface area contributed by atoms with E-state index >= 15 is 0 Å². The number of nitrogens with zero attached hydrogens (tertiary/aromatic N) is 1. The molecule has 1 aromatic carbocycles. The van der Waals surface area contributed by atoms with Gasteiger partial charge in [-0.05, 0) is 24.3 Å². The van der Waals surface area contributed by atoms with Crippen molar-refractivity contribution in [3.63, 3.8) is 0 Å². The SMILES string of the molecule is Cl[C@@H]1[C@@H]2CC[C@H]1N(Cc1ccccc1)C2. The van der Waals surface area contributed by atoms with Gasteiger partial charge in [0.15, 0.2) is 0 Å². The number of hydrogen-bond acceptors (Lipinski definition) is 1. The van der Waals surface area contributed by atoms with Crippen molar-refractivity contribution in [3.8, 4) is 0 Å². The Kier molecular flexibility index (Phi) is 2.45. The molecule has 15 heavy (non-hydrogen) atoms. The fraction of sp³-hybridized carbons (Fsp3) is 0.538. The van der Waals surface area contributed by atoms with Crippen molar-refractivity contribution >= 4 is 11.6 Å². The molecule has 0 amide bonds. The Morgan fingerprint density at radius 1 is 1.20 bits per heavy atom. The molecule has 2 fully saturated rings. The van der Waals surface area contributed by atoms with Crippen LogP contribution in [0.2, 0.25) is 0 Å². The number of benzene rings is 1. The maximum atomic E-state index is 6.39. The first-order valence-electron chi connectivity index (χ1n) is 5.76. The highest BCUT2D eigenvalue weighted by Gasteiger charge is 2.45. The molecule has 2 heteroatoms. The molecule has 0 spiro atoms. The monoisotopic (exact) mass is 221 g/mol. The molecule has 1 heterocycles. The number of hydrogen-bond donors (Lipinski definition) is 0. The van der Waals surface area contributed by atoms with E-state index in [2.05, 4.69) is 35.2 Å². The zero-order valence-electron chi connectivity index (χ0n) is 8.77. The van der Waals surface area contributed by atoms with Gasteiger partial charge in [0.1, 0.15) is 0 Å². The molecule has 1 aliphatic heterocycles. The number of alkyl halides is 1. The van der Waals surface area contributed by atoms with E-state index < -0.39 is 0 Å². The van der Waals surface area contributed by atoms with Crippen molar-refractivity contribution in [3.05, 3.63) is 35.9 Å². The Morgan fingerprint density at radius 2 is 2.00 bits per heavy atom. The van der Waals surface area contributed by atoms with Gasteiger partial charge in [0, 0.05) is 19.1 Å². The van der Waals surface area contributed by atoms with Crippen LogP contribution in [0.4, 0.5) is 0 Å². The molecule has 1 aliphatic carbocycles. The first-order chi connectivity index (χ1) is 7.34. The van der Waals surface area contributed by atoms with Crippen molar-refractivity contribution in [2.75, 3.05) is 6.54 Å². The van der Waals surface area contributed by atoms with Gasteiger partial charge >= 0.3 is 0 Å². The van der Waals surface area contributed by atoms with Crippen molar-refractivity contribution in [2.24, 2.45) is 5.92 Å². The van der Waals surface area contributed by atoms with Gasteiger partial charge in [-0.1, -0.05) is 30.3 Å². The summed E-state index contributed by atoms with van der Waals surface area (Å²) in [6.07, 6.45) is 2.63. The van der Waals surface area contributed by atoms with E-state index in [1.807, 2.05) is 0 Å². The molecule has 1 aromatic rings. The van der Waals surface area contributed by atoms with Gasteiger partial charge in [0.25, 0.3) is 0 Å². The lowest BCUT2D eigenvalue weighted by atomic mass is 10.1. The number of likely N-dealkylation sites (tertiary alicyclic amines) is 1. The van der Waals surface area contributed by atoms with Crippen LogP contribution in [0.15, 0.2) is 30.3 Å². The lowest BCUT2D eigenvalue weighted by molar-refractivity contribution is 0.205. The second-order valence-corrected chi connectivity index (χ2v) is 5.27. The van der Waals surface area contributed by atoms with Gasteiger partial charge in [-0.15, -0.1) is 11.6 Å². The predicted octanol–water partition coefficient (Wildman–Crippen LogP) is 2.89. The molecule has 2 aliphatic rings. The summed E-state index contributed by atoms with van der Waals surface area (Å²) in [7, 11) is 0. The van der Waals surface area contributed by atoms with Crippen LogP contribution in [0.3, 0.4) is 0 Å². The Labute approximate surface area is 96.0 Å². The Hall–Kier alpha value is -0.530. The number of halogens is 1. The Morgan fingerprint density at radius 3 is 2.60 bits per heavy atom. The van der Waals surface area contributed by atoms with Gasteiger partial charge in [-0.25, -0.2) is 0 Å². The van der Waals surface area contributed by atoms with E-state index in [1.54, 1.807) is 0 Å². The second kappa shape index (κ2) is 3.80. The van der Waals surface area contributed by atoms with Gasteiger partial charge in [0.2, 0.25) is 0 Å². The van der Waals surface area contributed by atoms with E-state index in [9.17, 15) is 0 Å². The van der Waals surface area contributed by atoms with Gasteiger partial charge in [-0.2, -0.15) is 0 Å². The summed E-state index contributed by atoms with van der Waals surface area (Å²) in [5, 5.41) is 0.411. The Balaban J connectivity index is 1.71. The average molecular weight is 222 g/mol. The molecule has 3 rings (SSSR count). The minimum Gasteiger partial charge on any atom is -0.294 e. The summed E-state index contributed by atoms with van der Waals surface area (Å²) in [5.74, 6) is 0.750. The minimum absolute atomic E-state index is 0.411. The molecule has 0 radical (unpaired) electrons. The topological polar surface area (TPSA) is 3.24 Å². The van der Waals surface area contributed by atoms with Crippen molar-refractivity contribution in [2.45, 2.75) is 30.8 Å². The van der Waals surface area contributed by atoms with Crippen molar-refractivity contribution in [1.29, 1.82) is 0 Å². The summed E-state index contributed by atoms with van der Waals surface area (Å²) < 4.78 is 0. The summed E-state index contributed by atoms with van der Waals surface area (Å²) in [6.45, 7) is 2.28. The van der Waals surface area contributed by atoms with E-state index in [0.717, 1.165) is 12.5 Å². The van der Waals surface area contributed by atoms with Gasteiger partial charge in [0.05, 0.1) is 5.38 Å². The molecule has 1 saturated heterocycles. The molecule has 1 saturated carbocycles. The van der Waals surface area contributed by atoms with Gasteiger partial charge in [-0.3, -0.25) is 4.90 Å². The zero-order valence-corrected chi connectivity index (χ0v) is 9.53. The van der Waals surface area contributed by atoms with Crippen LogP contribution in [0.25, 0.3) is 0 Å². The molecule has 0 N–H and O–H groups in total. The average Bonchev–Trinajstić information content (AvgIpc) is 2.75. The highest BCUT2D eigenvalue weighted by molar-refractivity contribution is 6.21. The normalized spacial score (nSPS) is 34.9. The van der Waals surface area contributed by atoms with Crippen LogP contribution in [0.1, 0.15) is 18.4 Å². The standard InChI is InChI=1S/C13H16ClN/c14-13-11-6-7-12(13)15(9-11)8-10-4-2-1-3-5-10/h1-5,11-13H,6-9H2/t11-,12-,13-/m1/s1. The molecule has 80 valence electrons. The van der Waals surface area contributed by atoms with Gasteiger partial charge < -0.3 is 0 Å². The molecular weight excluding hydrogens is 206 g/mol. The molecule has 3 atom stereocenters. The molecule has 0 aromatic heterocycles.